The van der Waals surface area contributed by atoms with Crippen molar-refractivity contribution in [1.29, 1.82) is 0 Å². The van der Waals surface area contributed by atoms with Gasteiger partial charge in [0.05, 0.1) is 0 Å². The Hall–Kier alpha value is -1.85. The number of nitrogens with zero attached hydrogens (tertiary/aromatic N) is 1. The molecule has 0 aliphatic carbocycles. The molecule has 1 rings (SSSR count). The van der Waals surface area contributed by atoms with Gasteiger partial charge in [-0.25, -0.2) is 4.39 Å². The van der Waals surface area contributed by atoms with Crippen LogP contribution >= 0.6 is 0 Å². The summed E-state index contributed by atoms with van der Waals surface area (Å²) in [4.78, 5) is 2.11. The van der Waals surface area contributed by atoms with E-state index in [1.807, 2.05) is 25.3 Å². The Labute approximate surface area is 128 Å². The number of benzene rings is 1. The predicted octanol–water partition coefficient (Wildman–Crippen LogP) is 4.38. The van der Waals surface area contributed by atoms with Gasteiger partial charge in [0.2, 0.25) is 0 Å². The maximum Gasteiger partial charge on any atom is 0.123 e. The van der Waals surface area contributed by atoms with E-state index in [9.17, 15) is 4.39 Å². The van der Waals surface area contributed by atoms with Crippen molar-refractivity contribution in [2.24, 2.45) is 5.41 Å². The van der Waals surface area contributed by atoms with E-state index in [1.54, 1.807) is 6.07 Å². The zero-order chi connectivity index (χ0) is 15.9. The third-order valence-electron chi connectivity index (χ3n) is 2.76. The fraction of sp³-hybridized carbons (Fsp3) is 0.368. The summed E-state index contributed by atoms with van der Waals surface area (Å²) >= 11 is 0. The molecule has 2 heteroatoms. The van der Waals surface area contributed by atoms with Crippen molar-refractivity contribution >= 4 is 5.57 Å². The second-order valence-corrected chi connectivity index (χ2v) is 6.23. The average Bonchev–Trinajstić information content (AvgIpc) is 2.36. The van der Waals surface area contributed by atoms with Crippen molar-refractivity contribution in [3.8, 4) is 11.8 Å². The predicted molar refractivity (Wildman–Crippen MR) is 89.3 cm³/mol. The molecule has 0 N–H and O–H groups in total. The number of likely N-dealkylation sites (N-methyl/N-ethyl adjacent to an activating group) is 1. The van der Waals surface area contributed by atoms with Crippen molar-refractivity contribution < 1.29 is 4.39 Å². The molecule has 0 atom stereocenters. The molecule has 0 aromatic heterocycles. The summed E-state index contributed by atoms with van der Waals surface area (Å²) in [7, 11) is 2.01. The fourth-order valence-corrected chi connectivity index (χ4v) is 1.74. The number of hydrogen-bond acceptors (Lipinski definition) is 1. The Bertz CT molecular complexity index is 567. The smallest absolute Gasteiger partial charge is 0.123 e. The highest BCUT2D eigenvalue weighted by Gasteiger charge is 2.04. The van der Waals surface area contributed by atoms with Crippen LogP contribution in [0.5, 0.6) is 0 Å². The number of hydrogen-bond donors (Lipinski definition) is 0. The van der Waals surface area contributed by atoms with Crippen molar-refractivity contribution in [1.82, 2.24) is 4.90 Å². The fourth-order valence-electron chi connectivity index (χ4n) is 1.74. The molecule has 112 valence electrons. The van der Waals surface area contributed by atoms with Crippen LogP contribution in [0.25, 0.3) is 5.57 Å². The highest BCUT2D eigenvalue weighted by molar-refractivity contribution is 5.64. The molecule has 0 amide bonds. The van der Waals surface area contributed by atoms with Gasteiger partial charge in [-0.3, -0.25) is 4.90 Å². The third kappa shape index (κ3) is 7.48. The summed E-state index contributed by atoms with van der Waals surface area (Å²) < 4.78 is 13.2. The van der Waals surface area contributed by atoms with Gasteiger partial charge in [0.1, 0.15) is 5.82 Å². The van der Waals surface area contributed by atoms with Crippen LogP contribution in [0.3, 0.4) is 0 Å². The first-order valence-electron chi connectivity index (χ1n) is 7.08. The molecular formula is C19H24FN. The van der Waals surface area contributed by atoms with Gasteiger partial charge >= 0.3 is 0 Å². The standard InChI is InChI=1S/C19H24FN/c1-16(17-10-9-11-18(20)14-17)15-21(5)13-8-6-7-12-19(2,3)4/h6,8-11,14H,1,13,15H2,2-5H3. The van der Waals surface area contributed by atoms with E-state index in [0.29, 0.717) is 6.54 Å². The first-order valence-corrected chi connectivity index (χ1v) is 7.08. The number of halogens is 1. The maximum absolute atomic E-state index is 13.2. The molecule has 0 saturated carbocycles. The van der Waals surface area contributed by atoms with Crippen LogP contribution in [0.2, 0.25) is 0 Å². The molecule has 0 saturated heterocycles. The van der Waals surface area contributed by atoms with Crippen LogP contribution in [0, 0.1) is 23.1 Å². The SMILES string of the molecule is C=C(CN(C)CC=CC#CC(C)(C)C)c1cccc(F)c1. The maximum atomic E-state index is 13.2. The van der Waals surface area contributed by atoms with Crippen LogP contribution in [0.15, 0.2) is 43.0 Å². The number of allylic oxidation sites excluding steroid dienone is 1. The minimum atomic E-state index is -0.228. The van der Waals surface area contributed by atoms with E-state index >= 15 is 0 Å². The monoisotopic (exact) mass is 285 g/mol. The summed E-state index contributed by atoms with van der Waals surface area (Å²) in [6, 6.07) is 6.54. The Morgan fingerprint density at radius 2 is 2.10 bits per heavy atom. The first kappa shape index (κ1) is 17.2. The lowest BCUT2D eigenvalue weighted by Crippen LogP contribution is -2.20. The van der Waals surface area contributed by atoms with E-state index in [-0.39, 0.29) is 11.2 Å². The van der Waals surface area contributed by atoms with Crippen molar-refractivity contribution in [3.63, 3.8) is 0 Å². The molecule has 21 heavy (non-hydrogen) atoms. The van der Waals surface area contributed by atoms with E-state index in [2.05, 4.69) is 44.1 Å². The molecule has 0 radical (unpaired) electrons. The molecule has 1 nitrogen and oxygen atoms in total. The van der Waals surface area contributed by atoms with Crippen LogP contribution in [-0.4, -0.2) is 25.0 Å². The van der Waals surface area contributed by atoms with Gasteiger partial charge in [0.15, 0.2) is 0 Å². The highest BCUT2D eigenvalue weighted by atomic mass is 19.1. The first-order chi connectivity index (χ1) is 9.78. The molecule has 1 aromatic carbocycles. The largest absolute Gasteiger partial charge is 0.298 e. The van der Waals surface area contributed by atoms with Crippen molar-refractivity contribution in [2.45, 2.75) is 20.8 Å². The molecule has 0 unspecified atom stereocenters. The van der Waals surface area contributed by atoms with Gasteiger partial charge in [0, 0.05) is 18.5 Å². The van der Waals surface area contributed by atoms with Gasteiger partial charge in [-0.2, -0.15) is 0 Å². The molecule has 0 spiro atoms. The molecule has 0 fully saturated rings. The van der Waals surface area contributed by atoms with Crippen LogP contribution < -0.4 is 0 Å². The van der Waals surface area contributed by atoms with Crippen LogP contribution in [0.4, 0.5) is 4.39 Å². The van der Waals surface area contributed by atoms with Crippen LogP contribution in [0.1, 0.15) is 26.3 Å². The highest BCUT2D eigenvalue weighted by Crippen LogP contribution is 2.14. The van der Waals surface area contributed by atoms with E-state index in [4.69, 9.17) is 0 Å². The lowest BCUT2D eigenvalue weighted by Gasteiger charge is -2.16. The topological polar surface area (TPSA) is 3.24 Å². The van der Waals surface area contributed by atoms with Gasteiger partial charge in [-0.1, -0.05) is 36.6 Å². The Morgan fingerprint density at radius 3 is 2.71 bits per heavy atom. The second-order valence-electron chi connectivity index (χ2n) is 6.23. The summed E-state index contributed by atoms with van der Waals surface area (Å²) in [5.74, 6) is 5.97. The normalized spacial score (nSPS) is 11.5. The van der Waals surface area contributed by atoms with E-state index in [1.165, 1.54) is 12.1 Å². The summed E-state index contributed by atoms with van der Waals surface area (Å²) in [6.07, 6.45) is 3.91. The molecule has 1 aromatic rings. The molecule has 0 aliphatic heterocycles. The van der Waals surface area contributed by atoms with E-state index in [0.717, 1.165) is 17.7 Å². The Kier molecular flexibility index (Phi) is 6.39. The average molecular weight is 285 g/mol. The van der Waals surface area contributed by atoms with E-state index < -0.39 is 0 Å². The third-order valence-corrected chi connectivity index (χ3v) is 2.76. The summed E-state index contributed by atoms with van der Waals surface area (Å²) in [5.41, 5.74) is 1.78. The Morgan fingerprint density at radius 1 is 1.38 bits per heavy atom. The molecule has 0 bridgehead atoms. The van der Waals surface area contributed by atoms with Crippen LogP contribution in [-0.2, 0) is 0 Å². The Balaban J connectivity index is 2.46. The van der Waals surface area contributed by atoms with Crippen molar-refractivity contribution in [3.05, 3.63) is 54.4 Å². The minimum absolute atomic E-state index is 0.0297. The zero-order valence-electron chi connectivity index (χ0n) is 13.4. The number of rotatable bonds is 5. The lowest BCUT2D eigenvalue weighted by molar-refractivity contribution is 0.418. The van der Waals surface area contributed by atoms with Gasteiger partial charge in [-0.15, -0.1) is 0 Å². The molecule has 0 aliphatic rings. The molecule has 0 heterocycles. The quantitative estimate of drug-likeness (QED) is 0.726. The zero-order valence-corrected chi connectivity index (χ0v) is 13.4. The summed E-state index contributed by atoms with van der Waals surface area (Å²) in [5, 5.41) is 0. The van der Waals surface area contributed by atoms with Gasteiger partial charge in [0.25, 0.3) is 0 Å². The lowest BCUT2D eigenvalue weighted by atomic mass is 9.98. The van der Waals surface area contributed by atoms with Gasteiger partial charge in [-0.05, 0) is 57.2 Å². The minimum Gasteiger partial charge on any atom is -0.298 e. The second kappa shape index (κ2) is 7.81. The molecular weight excluding hydrogens is 261 g/mol. The van der Waals surface area contributed by atoms with Gasteiger partial charge < -0.3 is 0 Å². The van der Waals surface area contributed by atoms with Crippen molar-refractivity contribution in [2.75, 3.05) is 20.1 Å². The summed E-state index contributed by atoms with van der Waals surface area (Å²) in [6.45, 7) is 11.8.